The molecular formula is C24H25N5O2S. The Morgan fingerprint density at radius 3 is 2.66 bits per heavy atom. The van der Waals surface area contributed by atoms with Gasteiger partial charge < -0.3 is 9.88 Å². The van der Waals surface area contributed by atoms with Crippen LogP contribution in [0.4, 0.5) is 0 Å². The maximum absolute atomic E-state index is 13.6. The molecule has 0 atom stereocenters. The van der Waals surface area contributed by atoms with Gasteiger partial charge in [-0.2, -0.15) is 0 Å². The molecule has 0 unspecified atom stereocenters. The molecule has 1 saturated carbocycles. The molecular weight excluding hydrogens is 422 g/mol. The average Bonchev–Trinajstić information content (AvgIpc) is 3.55. The standard InChI is InChI=1S/C24H25N5O2S/c1-12(2)29(11-18-26-17-8-6-5-7-16(17)22(30)27-18)24(31)20-13(3)19-14(4)25-21(15-9-10-15)28-23(19)32-20/h5-8,12,15H,9-11H2,1-4H3,(H,26,27,30). The molecule has 1 fully saturated rings. The van der Waals surface area contributed by atoms with E-state index >= 15 is 0 Å². The second-order valence-corrected chi connectivity index (χ2v) is 9.73. The zero-order valence-electron chi connectivity index (χ0n) is 18.6. The number of aryl methyl sites for hydroxylation is 2. The summed E-state index contributed by atoms with van der Waals surface area (Å²) < 4.78 is 0. The monoisotopic (exact) mass is 447 g/mol. The normalized spacial score (nSPS) is 13.9. The zero-order chi connectivity index (χ0) is 22.6. The number of rotatable bonds is 5. The van der Waals surface area contributed by atoms with Crippen LogP contribution in [0.3, 0.4) is 0 Å². The number of carbonyl (C=O) groups excluding carboxylic acids is 1. The molecule has 0 radical (unpaired) electrons. The highest BCUT2D eigenvalue weighted by Crippen LogP contribution is 2.40. The van der Waals surface area contributed by atoms with E-state index in [0.29, 0.717) is 27.5 Å². The summed E-state index contributed by atoms with van der Waals surface area (Å²) in [6.45, 7) is 8.12. The molecule has 1 aliphatic rings. The lowest BCUT2D eigenvalue weighted by atomic mass is 10.1. The molecule has 4 aromatic rings. The summed E-state index contributed by atoms with van der Waals surface area (Å²) in [7, 11) is 0. The first-order chi connectivity index (χ1) is 15.3. The van der Waals surface area contributed by atoms with E-state index in [1.165, 1.54) is 11.3 Å². The number of para-hydroxylation sites is 1. The number of carbonyl (C=O) groups is 1. The number of nitrogens with one attached hydrogen (secondary N) is 1. The molecule has 1 aliphatic carbocycles. The molecule has 5 rings (SSSR count). The second kappa shape index (κ2) is 7.78. The van der Waals surface area contributed by atoms with Gasteiger partial charge in [-0.1, -0.05) is 12.1 Å². The fraction of sp³-hybridized carbons (Fsp3) is 0.375. The third kappa shape index (κ3) is 3.58. The van der Waals surface area contributed by atoms with Gasteiger partial charge in [0.15, 0.2) is 0 Å². The zero-order valence-corrected chi connectivity index (χ0v) is 19.4. The van der Waals surface area contributed by atoms with Gasteiger partial charge >= 0.3 is 0 Å². The van der Waals surface area contributed by atoms with Crippen molar-refractivity contribution >= 4 is 38.4 Å². The fourth-order valence-electron chi connectivity index (χ4n) is 4.08. The molecule has 1 aromatic carbocycles. The third-order valence-corrected chi connectivity index (χ3v) is 7.17. The van der Waals surface area contributed by atoms with Crippen LogP contribution < -0.4 is 5.56 Å². The first kappa shape index (κ1) is 20.8. The van der Waals surface area contributed by atoms with Gasteiger partial charge in [-0.15, -0.1) is 11.3 Å². The van der Waals surface area contributed by atoms with Crippen molar-refractivity contribution in [3.05, 3.63) is 62.4 Å². The topological polar surface area (TPSA) is 91.8 Å². The van der Waals surface area contributed by atoms with Crippen LogP contribution in [0.1, 0.15) is 65.2 Å². The fourth-order valence-corrected chi connectivity index (χ4v) is 5.27. The summed E-state index contributed by atoms with van der Waals surface area (Å²) in [5, 5.41) is 1.52. The van der Waals surface area contributed by atoms with Gasteiger partial charge in [-0.25, -0.2) is 15.0 Å². The molecule has 32 heavy (non-hydrogen) atoms. The Morgan fingerprint density at radius 1 is 1.19 bits per heavy atom. The highest BCUT2D eigenvalue weighted by atomic mass is 32.1. The van der Waals surface area contributed by atoms with E-state index in [2.05, 4.69) is 9.97 Å². The van der Waals surface area contributed by atoms with Crippen molar-refractivity contribution in [2.45, 2.75) is 59.0 Å². The molecule has 7 nitrogen and oxygen atoms in total. The largest absolute Gasteiger partial charge is 0.328 e. The minimum Gasteiger partial charge on any atom is -0.328 e. The maximum atomic E-state index is 13.6. The Balaban J connectivity index is 1.52. The number of nitrogens with zero attached hydrogens (tertiary/aromatic N) is 4. The third-order valence-electron chi connectivity index (χ3n) is 5.99. The van der Waals surface area contributed by atoms with Crippen LogP contribution in [0.5, 0.6) is 0 Å². The predicted molar refractivity (Wildman–Crippen MR) is 126 cm³/mol. The highest BCUT2D eigenvalue weighted by molar-refractivity contribution is 7.20. The molecule has 3 heterocycles. The summed E-state index contributed by atoms with van der Waals surface area (Å²) in [5.74, 6) is 1.75. The minimum atomic E-state index is -0.196. The summed E-state index contributed by atoms with van der Waals surface area (Å²) >= 11 is 1.43. The Labute approximate surface area is 189 Å². The van der Waals surface area contributed by atoms with Gasteiger partial charge in [-0.05, 0) is 58.2 Å². The lowest BCUT2D eigenvalue weighted by molar-refractivity contribution is 0.0689. The number of H-pyrrole nitrogens is 1. The van der Waals surface area contributed by atoms with E-state index in [4.69, 9.17) is 9.97 Å². The lowest BCUT2D eigenvalue weighted by Crippen LogP contribution is -2.37. The van der Waals surface area contributed by atoms with E-state index in [9.17, 15) is 9.59 Å². The second-order valence-electron chi connectivity index (χ2n) is 8.73. The van der Waals surface area contributed by atoms with Gasteiger partial charge in [0.1, 0.15) is 16.5 Å². The number of hydrogen-bond acceptors (Lipinski definition) is 6. The number of amides is 1. The van der Waals surface area contributed by atoms with Crippen molar-refractivity contribution in [3.8, 4) is 0 Å². The molecule has 1 amide bonds. The van der Waals surface area contributed by atoms with Gasteiger partial charge in [0, 0.05) is 17.3 Å². The number of thiophene rings is 1. The number of hydrogen-bond donors (Lipinski definition) is 1. The van der Waals surface area contributed by atoms with E-state index < -0.39 is 0 Å². The van der Waals surface area contributed by atoms with Crippen molar-refractivity contribution in [2.75, 3.05) is 0 Å². The van der Waals surface area contributed by atoms with Crippen LogP contribution in [-0.2, 0) is 6.54 Å². The lowest BCUT2D eigenvalue weighted by Gasteiger charge is -2.26. The van der Waals surface area contributed by atoms with Crippen molar-refractivity contribution in [1.29, 1.82) is 0 Å². The smallest absolute Gasteiger partial charge is 0.264 e. The molecule has 164 valence electrons. The first-order valence-corrected chi connectivity index (χ1v) is 11.7. The molecule has 0 spiro atoms. The summed E-state index contributed by atoms with van der Waals surface area (Å²) in [4.78, 5) is 46.3. The van der Waals surface area contributed by atoms with Crippen molar-refractivity contribution in [3.63, 3.8) is 0 Å². The van der Waals surface area contributed by atoms with Gasteiger partial charge in [0.25, 0.3) is 11.5 Å². The quantitative estimate of drug-likeness (QED) is 0.487. The minimum absolute atomic E-state index is 0.0712. The van der Waals surface area contributed by atoms with Crippen LogP contribution in [-0.4, -0.2) is 36.8 Å². The SMILES string of the molecule is Cc1nc(C2CC2)nc2sc(C(=O)N(Cc3nc4ccccc4c(=O)[nH]3)C(C)C)c(C)c12. The molecule has 0 saturated heterocycles. The van der Waals surface area contributed by atoms with Crippen LogP contribution in [0.2, 0.25) is 0 Å². The summed E-state index contributed by atoms with van der Waals surface area (Å²) in [6.07, 6.45) is 2.28. The summed E-state index contributed by atoms with van der Waals surface area (Å²) in [6, 6.07) is 7.15. The van der Waals surface area contributed by atoms with E-state index in [1.54, 1.807) is 11.0 Å². The van der Waals surface area contributed by atoms with E-state index in [1.807, 2.05) is 45.9 Å². The number of aromatic amines is 1. The van der Waals surface area contributed by atoms with Gasteiger partial charge in [0.2, 0.25) is 0 Å². The van der Waals surface area contributed by atoms with Crippen molar-refractivity contribution in [1.82, 2.24) is 24.8 Å². The first-order valence-electron chi connectivity index (χ1n) is 10.9. The number of benzene rings is 1. The summed E-state index contributed by atoms with van der Waals surface area (Å²) in [5.41, 5.74) is 2.28. The Morgan fingerprint density at radius 2 is 1.94 bits per heavy atom. The van der Waals surface area contributed by atoms with Crippen LogP contribution in [0, 0.1) is 13.8 Å². The van der Waals surface area contributed by atoms with Crippen LogP contribution in [0.15, 0.2) is 29.1 Å². The Hall–Kier alpha value is -3.13. The van der Waals surface area contributed by atoms with Crippen molar-refractivity contribution < 1.29 is 4.79 Å². The Kier molecular flexibility index (Phi) is 5.04. The van der Waals surface area contributed by atoms with E-state index in [-0.39, 0.29) is 24.1 Å². The van der Waals surface area contributed by atoms with Crippen LogP contribution in [0.25, 0.3) is 21.1 Å². The van der Waals surface area contributed by atoms with Gasteiger partial charge in [-0.3, -0.25) is 9.59 Å². The number of aromatic nitrogens is 4. The highest BCUT2D eigenvalue weighted by Gasteiger charge is 2.30. The molecule has 0 aliphatic heterocycles. The van der Waals surface area contributed by atoms with Crippen molar-refractivity contribution in [2.24, 2.45) is 0 Å². The molecule has 3 aromatic heterocycles. The molecule has 0 bridgehead atoms. The maximum Gasteiger partial charge on any atom is 0.264 e. The van der Waals surface area contributed by atoms with Gasteiger partial charge in [0.05, 0.1) is 28.0 Å². The number of fused-ring (bicyclic) bond motifs is 2. The predicted octanol–water partition coefficient (Wildman–Crippen LogP) is 4.47. The Bertz CT molecular complexity index is 1420. The van der Waals surface area contributed by atoms with Crippen LogP contribution >= 0.6 is 11.3 Å². The van der Waals surface area contributed by atoms with E-state index in [0.717, 1.165) is 40.1 Å². The molecule has 1 N–H and O–H groups in total. The average molecular weight is 448 g/mol. The molecule has 8 heteroatoms.